The number of hydrogen-bond acceptors (Lipinski definition) is 5. The molecule has 2 heterocycles. The number of ether oxygens (including phenoxy) is 2. The molecule has 108 valence electrons. The van der Waals surface area contributed by atoms with Crippen molar-refractivity contribution in [3.63, 3.8) is 0 Å². The molecular weight excluding hydrogens is 289 g/mol. The Hall–Kier alpha value is -2.64. The summed E-state index contributed by atoms with van der Waals surface area (Å²) in [6.45, 7) is -0.0108. The van der Waals surface area contributed by atoms with Crippen LogP contribution in [0, 0.1) is 0 Å². The molecule has 2 aromatic rings. The van der Waals surface area contributed by atoms with Gasteiger partial charge in [-0.15, -0.1) is 0 Å². The minimum Gasteiger partial charge on any atom is -0.454 e. The van der Waals surface area contributed by atoms with Gasteiger partial charge in [0.2, 0.25) is 12.6 Å². The Labute approximate surface area is 116 Å². The van der Waals surface area contributed by atoms with Crippen LogP contribution in [0.25, 0.3) is 11.1 Å². The summed E-state index contributed by atoms with van der Waals surface area (Å²) in [4.78, 5) is 17.8. The van der Waals surface area contributed by atoms with Crippen molar-refractivity contribution in [2.24, 2.45) is 0 Å². The van der Waals surface area contributed by atoms with Crippen LogP contribution in [0.4, 0.5) is 13.2 Å². The molecule has 1 aliphatic heterocycles. The van der Waals surface area contributed by atoms with E-state index in [2.05, 4.69) is 9.97 Å². The summed E-state index contributed by atoms with van der Waals surface area (Å²) in [6, 6.07) is 3.12. The van der Waals surface area contributed by atoms with Crippen LogP contribution >= 0.6 is 0 Å². The van der Waals surface area contributed by atoms with Crippen molar-refractivity contribution in [1.82, 2.24) is 9.97 Å². The molecule has 1 aliphatic rings. The SMILES string of the molecule is O=Cc1c(-c2cnc(C(F)(F)F)nc2)ccc2c1OCO2. The Bertz CT molecular complexity index is 699. The van der Waals surface area contributed by atoms with E-state index in [0.29, 0.717) is 17.6 Å². The predicted molar refractivity (Wildman–Crippen MR) is 64.0 cm³/mol. The number of halogens is 3. The molecule has 0 amide bonds. The number of nitrogens with zero attached hydrogens (tertiary/aromatic N) is 2. The second-order valence-corrected chi connectivity index (χ2v) is 4.17. The Morgan fingerprint density at radius 1 is 1.14 bits per heavy atom. The normalized spacial score (nSPS) is 13.3. The summed E-state index contributed by atoms with van der Waals surface area (Å²) < 4.78 is 47.6. The van der Waals surface area contributed by atoms with E-state index in [-0.39, 0.29) is 23.7 Å². The molecule has 0 unspecified atom stereocenters. The molecular formula is C13H7F3N2O3. The van der Waals surface area contributed by atoms with Crippen molar-refractivity contribution in [1.29, 1.82) is 0 Å². The predicted octanol–water partition coefficient (Wildman–Crippen LogP) is 2.70. The summed E-state index contributed by atoms with van der Waals surface area (Å²) >= 11 is 0. The van der Waals surface area contributed by atoms with Crippen LogP contribution in [0.3, 0.4) is 0 Å². The highest BCUT2D eigenvalue weighted by Crippen LogP contribution is 2.40. The Morgan fingerprint density at radius 3 is 2.48 bits per heavy atom. The maximum absolute atomic E-state index is 12.4. The number of benzene rings is 1. The van der Waals surface area contributed by atoms with Crippen molar-refractivity contribution in [3.8, 4) is 22.6 Å². The molecule has 0 saturated heterocycles. The molecule has 0 saturated carbocycles. The van der Waals surface area contributed by atoms with Gasteiger partial charge >= 0.3 is 6.18 Å². The zero-order chi connectivity index (χ0) is 15.0. The van der Waals surface area contributed by atoms with E-state index in [1.807, 2.05) is 0 Å². The second-order valence-electron chi connectivity index (χ2n) is 4.17. The Kier molecular flexibility index (Phi) is 3.00. The van der Waals surface area contributed by atoms with Crippen LogP contribution in [0.5, 0.6) is 11.5 Å². The maximum atomic E-state index is 12.4. The molecule has 0 aliphatic carbocycles. The van der Waals surface area contributed by atoms with Gasteiger partial charge in [0.05, 0.1) is 5.56 Å². The number of aldehydes is 1. The van der Waals surface area contributed by atoms with Crippen LogP contribution in [-0.2, 0) is 6.18 Å². The fourth-order valence-corrected chi connectivity index (χ4v) is 1.98. The average molecular weight is 296 g/mol. The van der Waals surface area contributed by atoms with Crippen LogP contribution in [0.2, 0.25) is 0 Å². The third-order valence-corrected chi connectivity index (χ3v) is 2.91. The van der Waals surface area contributed by atoms with Gasteiger partial charge in [-0.25, -0.2) is 9.97 Å². The number of hydrogen-bond donors (Lipinski definition) is 0. The molecule has 0 radical (unpaired) electrons. The van der Waals surface area contributed by atoms with E-state index >= 15 is 0 Å². The minimum atomic E-state index is -4.61. The zero-order valence-corrected chi connectivity index (χ0v) is 10.3. The van der Waals surface area contributed by atoms with Crippen LogP contribution in [-0.4, -0.2) is 23.0 Å². The minimum absolute atomic E-state index is 0.0108. The fourth-order valence-electron chi connectivity index (χ4n) is 1.98. The molecule has 0 N–H and O–H groups in total. The highest BCUT2D eigenvalue weighted by atomic mass is 19.4. The fraction of sp³-hybridized carbons (Fsp3) is 0.154. The lowest BCUT2D eigenvalue weighted by molar-refractivity contribution is -0.144. The van der Waals surface area contributed by atoms with Gasteiger partial charge in [0.25, 0.3) is 0 Å². The molecule has 1 aromatic heterocycles. The van der Waals surface area contributed by atoms with Crippen molar-refractivity contribution in [2.75, 3.05) is 6.79 Å². The van der Waals surface area contributed by atoms with Crippen LogP contribution in [0.15, 0.2) is 24.5 Å². The lowest BCUT2D eigenvalue weighted by atomic mass is 10.0. The van der Waals surface area contributed by atoms with E-state index in [0.717, 1.165) is 12.4 Å². The number of rotatable bonds is 2. The summed E-state index contributed by atoms with van der Waals surface area (Å²) in [7, 11) is 0. The molecule has 1 aromatic carbocycles. The lowest BCUT2D eigenvalue weighted by Gasteiger charge is -2.09. The molecule has 21 heavy (non-hydrogen) atoms. The van der Waals surface area contributed by atoms with Gasteiger partial charge in [0.1, 0.15) is 0 Å². The first-order chi connectivity index (χ1) is 10.0. The van der Waals surface area contributed by atoms with Crippen molar-refractivity contribution < 1.29 is 27.4 Å². The van der Waals surface area contributed by atoms with Gasteiger partial charge < -0.3 is 9.47 Å². The zero-order valence-electron chi connectivity index (χ0n) is 10.3. The Morgan fingerprint density at radius 2 is 1.86 bits per heavy atom. The third kappa shape index (κ3) is 2.28. The maximum Gasteiger partial charge on any atom is 0.451 e. The number of carbonyl (C=O) groups is 1. The summed E-state index contributed by atoms with van der Waals surface area (Å²) in [5.41, 5.74) is 0.847. The summed E-state index contributed by atoms with van der Waals surface area (Å²) in [6.07, 6.45) is -2.03. The molecule has 5 nitrogen and oxygen atoms in total. The second kappa shape index (κ2) is 4.72. The highest BCUT2D eigenvalue weighted by Gasteiger charge is 2.34. The van der Waals surface area contributed by atoms with Gasteiger partial charge in [-0.3, -0.25) is 4.79 Å². The first-order valence-corrected chi connectivity index (χ1v) is 5.78. The van der Waals surface area contributed by atoms with E-state index in [1.54, 1.807) is 12.1 Å². The van der Waals surface area contributed by atoms with Gasteiger partial charge in [-0.2, -0.15) is 13.2 Å². The van der Waals surface area contributed by atoms with E-state index in [9.17, 15) is 18.0 Å². The molecule has 3 rings (SSSR count). The number of alkyl halides is 3. The monoisotopic (exact) mass is 296 g/mol. The molecule has 0 fully saturated rings. The van der Waals surface area contributed by atoms with Crippen molar-refractivity contribution >= 4 is 6.29 Å². The van der Waals surface area contributed by atoms with Gasteiger partial charge in [-0.05, 0) is 17.7 Å². The third-order valence-electron chi connectivity index (χ3n) is 2.91. The quantitative estimate of drug-likeness (QED) is 0.797. The van der Waals surface area contributed by atoms with Gasteiger partial charge in [0.15, 0.2) is 17.8 Å². The number of carbonyl (C=O) groups excluding carboxylic acids is 1. The smallest absolute Gasteiger partial charge is 0.451 e. The van der Waals surface area contributed by atoms with Gasteiger partial charge in [-0.1, -0.05) is 0 Å². The lowest BCUT2D eigenvalue weighted by Crippen LogP contribution is -2.10. The number of fused-ring (bicyclic) bond motifs is 1. The summed E-state index contributed by atoms with van der Waals surface area (Å²) in [5.74, 6) is -0.560. The topological polar surface area (TPSA) is 61.3 Å². The van der Waals surface area contributed by atoms with Crippen LogP contribution in [0.1, 0.15) is 16.2 Å². The molecule has 0 atom stereocenters. The molecule has 8 heteroatoms. The average Bonchev–Trinajstić information content (AvgIpc) is 2.94. The standard InChI is InChI=1S/C13H7F3N2O3/c14-13(15,16)12-17-3-7(4-18-12)8-1-2-10-11(9(8)5-19)21-6-20-10/h1-5H,6H2. The number of aromatic nitrogens is 2. The Balaban J connectivity index is 2.07. The molecule has 0 spiro atoms. The van der Waals surface area contributed by atoms with Gasteiger partial charge in [0, 0.05) is 18.0 Å². The van der Waals surface area contributed by atoms with E-state index < -0.39 is 12.0 Å². The first kappa shape index (κ1) is 13.3. The van der Waals surface area contributed by atoms with E-state index in [1.165, 1.54) is 0 Å². The van der Waals surface area contributed by atoms with Crippen LogP contribution < -0.4 is 9.47 Å². The first-order valence-electron chi connectivity index (χ1n) is 5.78. The largest absolute Gasteiger partial charge is 0.454 e. The van der Waals surface area contributed by atoms with Crippen molar-refractivity contribution in [2.45, 2.75) is 6.18 Å². The summed E-state index contributed by atoms with van der Waals surface area (Å²) in [5, 5.41) is 0. The van der Waals surface area contributed by atoms with E-state index in [4.69, 9.17) is 9.47 Å². The highest BCUT2D eigenvalue weighted by molar-refractivity contribution is 5.92. The molecule has 0 bridgehead atoms. The van der Waals surface area contributed by atoms with Crippen molar-refractivity contribution in [3.05, 3.63) is 35.9 Å².